The Morgan fingerprint density at radius 2 is 1.46 bits per heavy atom. The van der Waals surface area contributed by atoms with Gasteiger partial charge in [0.1, 0.15) is 0 Å². The van der Waals surface area contributed by atoms with Gasteiger partial charge in [0.2, 0.25) is 0 Å². The lowest BCUT2D eigenvalue weighted by Crippen LogP contribution is -2.01. The van der Waals surface area contributed by atoms with Crippen molar-refractivity contribution >= 4 is 21.8 Å². The van der Waals surface area contributed by atoms with Crippen molar-refractivity contribution in [3.8, 4) is 11.3 Å². The Labute approximate surface area is 152 Å². The molecule has 0 amide bonds. The molecule has 0 fully saturated rings. The number of benzene rings is 3. The maximum Gasteiger partial charge on any atom is 0.0545 e. The van der Waals surface area contributed by atoms with E-state index < -0.39 is 0 Å². The fourth-order valence-electron chi connectivity index (χ4n) is 4.02. The molecule has 2 heteroatoms. The molecule has 126 valence electrons. The predicted octanol–water partition coefficient (Wildman–Crippen LogP) is 6.15. The van der Waals surface area contributed by atoms with Crippen LogP contribution in [0.15, 0.2) is 85.1 Å². The van der Waals surface area contributed by atoms with Crippen molar-refractivity contribution in [3.05, 3.63) is 96.2 Å². The summed E-state index contributed by atoms with van der Waals surface area (Å²) >= 11 is 0. The molecule has 0 aliphatic heterocycles. The highest BCUT2D eigenvalue weighted by Crippen LogP contribution is 2.37. The second-order valence-corrected chi connectivity index (χ2v) is 6.81. The van der Waals surface area contributed by atoms with Gasteiger partial charge in [-0.1, -0.05) is 66.7 Å². The smallest absolute Gasteiger partial charge is 0.0545 e. The molecule has 5 rings (SSSR count). The molecule has 0 spiro atoms. The molecule has 0 atom stereocenters. The Hall–Kier alpha value is -3.26. The normalized spacial score (nSPS) is 11.4. The SMILES string of the molecule is Cc1c(-c2c[nH]c3ccccc23)n(Cc2ccccc2)c2ccccc12. The average molecular weight is 336 g/mol. The van der Waals surface area contributed by atoms with Crippen molar-refractivity contribution in [2.75, 3.05) is 0 Å². The van der Waals surface area contributed by atoms with Crippen LogP contribution in [0.5, 0.6) is 0 Å². The van der Waals surface area contributed by atoms with Crippen molar-refractivity contribution in [2.45, 2.75) is 13.5 Å². The van der Waals surface area contributed by atoms with E-state index >= 15 is 0 Å². The third-order valence-electron chi connectivity index (χ3n) is 5.25. The third kappa shape index (κ3) is 2.26. The number of hydrogen-bond donors (Lipinski definition) is 1. The standard InChI is InChI=1S/C24H20N2/c1-17-19-11-6-8-14-23(19)26(16-18-9-3-2-4-10-18)24(17)21-15-25-22-13-7-5-12-20(21)22/h2-15,25H,16H2,1H3. The number of para-hydroxylation sites is 2. The zero-order valence-corrected chi connectivity index (χ0v) is 14.7. The highest BCUT2D eigenvalue weighted by molar-refractivity contribution is 6.00. The molecule has 5 aromatic rings. The van der Waals surface area contributed by atoms with Crippen LogP contribution in [0.2, 0.25) is 0 Å². The van der Waals surface area contributed by atoms with Crippen molar-refractivity contribution in [3.63, 3.8) is 0 Å². The molecule has 0 aliphatic rings. The largest absolute Gasteiger partial charge is 0.360 e. The summed E-state index contributed by atoms with van der Waals surface area (Å²) in [6, 6.07) is 27.9. The Morgan fingerprint density at radius 1 is 0.769 bits per heavy atom. The van der Waals surface area contributed by atoms with E-state index in [1.165, 1.54) is 44.2 Å². The van der Waals surface area contributed by atoms with Crippen molar-refractivity contribution in [1.82, 2.24) is 9.55 Å². The number of fused-ring (bicyclic) bond motifs is 2. The number of aromatic amines is 1. The van der Waals surface area contributed by atoms with E-state index in [-0.39, 0.29) is 0 Å². The van der Waals surface area contributed by atoms with Crippen LogP contribution in [0.4, 0.5) is 0 Å². The lowest BCUT2D eigenvalue weighted by Gasteiger charge is -2.12. The summed E-state index contributed by atoms with van der Waals surface area (Å²) in [4.78, 5) is 3.44. The zero-order valence-electron chi connectivity index (χ0n) is 14.7. The first-order valence-corrected chi connectivity index (χ1v) is 9.01. The lowest BCUT2D eigenvalue weighted by molar-refractivity contribution is 0.843. The van der Waals surface area contributed by atoms with Crippen LogP contribution in [0.25, 0.3) is 33.1 Å². The summed E-state index contributed by atoms with van der Waals surface area (Å²) in [5.41, 5.74) is 7.68. The van der Waals surface area contributed by atoms with Crippen LogP contribution in [-0.2, 0) is 6.54 Å². The summed E-state index contributed by atoms with van der Waals surface area (Å²) in [7, 11) is 0. The quantitative estimate of drug-likeness (QED) is 0.408. The van der Waals surface area contributed by atoms with Gasteiger partial charge in [-0.05, 0) is 30.2 Å². The summed E-state index contributed by atoms with van der Waals surface area (Å²) in [5, 5.41) is 2.59. The van der Waals surface area contributed by atoms with Gasteiger partial charge in [0.05, 0.1) is 5.69 Å². The number of aromatic nitrogens is 2. The Bertz CT molecular complexity index is 1210. The fourth-order valence-corrected chi connectivity index (χ4v) is 4.02. The number of nitrogens with zero attached hydrogens (tertiary/aromatic N) is 1. The van der Waals surface area contributed by atoms with E-state index in [1.54, 1.807) is 0 Å². The molecular weight excluding hydrogens is 316 g/mol. The summed E-state index contributed by atoms with van der Waals surface area (Å²) in [5.74, 6) is 0. The first-order valence-electron chi connectivity index (χ1n) is 9.01. The molecule has 2 heterocycles. The van der Waals surface area contributed by atoms with Crippen LogP contribution in [0.1, 0.15) is 11.1 Å². The minimum Gasteiger partial charge on any atom is -0.360 e. The van der Waals surface area contributed by atoms with Gasteiger partial charge in [-0.2, -0.15) is 0 Å². The van der Waals surface area contributed by atoms with Gasteiger partial charge in [-0.3, -0.25) is 0 Å². The minimum absolute atomic E-state index is 0.865. The topological polar surface area (TPSA) is 20.7 Å². The second kappa shape index (κ2) is 5.92. The van der Waals surface area contributed by atoms with Crippen molar-refractivity contribution in [2.24, 2.45) is 0 Å². The van der Waals surface area contributed by atoms with Crippen molar-refractivity contribution in [1.29, 1.82) is 0 Å². The van der Waals surface area contributed by atoms with E-state index in [1.807, 2.05) is 0 Å². The van der Waals surface area contributed by atoms with E-state index in [0.29, 0.717) is 0 Å². The van der Waals surface area contributed by atoms with Gasteiger partial charge in [0, 0.05) is 40.1 Å². The molecule has 0 unspecified atom stereocenters. The number of H-pyrrole nitrogens is 1. The number of rotatable bonds is 3. The van der Waals surface area contributed by atoms with Gasteiger partial charge >= 0.3 is 0 Å². The van der Waals surface area contributed by atoms with Gasteiger partial charge < -0.3 is 9.55 Å². The third-order valence-corrected chi connectivity index (χ3v) is 5.25. The zero-order chi connectivity index (χ0) is 17.5. The van der Waals surface area contributed by atoms with Crippen LogP contribution < -0.4 is 0 Å². The first-order chi connectivity index (χ1) is 12.8. The number of nitrogens with one attached hydrogen (secondary N) is 1. The van der Waals surface area contributed by atoms with Crippen LogP contribution >= 0.6 is 0 Å². The molecule has 0 saturated heterocycles. The monoisotopic (exact) mass is 336 g/mol. The summed E-state index contributed by atoms with van der Waals surface area (Å²) < 4.78 is 2.45. The summed E-state index contributed by atoms with van der Waals surface area (Å²) in [6.07, 6.45) is 2.15. The molecule has 3 aromatic carbocycles. The maximum atomic E-state index is 3.44. The van der Waals surface area contributed by atoms with Crippen LogP contribution in [0, 0.1) is 6.92 Å². The van der Waals surface area contributed by atoms with Crippen LogP contribution in [-0.4, -0.2) is 9.55 Å². The minimum atomic E-state index is 0.865. The molecule has 2 nitrogen and oxygen atoms in total. The summed E-state index contributed by atoms with van der Waals surface area (Å²) in [6.45, 7) is 3.10. The highest BCUT2D eigenvalue weighted by Gasteiger charge is 2.18. The highest BCUT2D eigenvalue weighted by atomic mass is 15.0. The van der Waals surface area contributed by atoms with E-state index in [4.69, 9.17) is 0 Å². The van der Waals surface area contributed by atoms with Gasteiger partial charge in [0.25, 0.3) is 0 Å². The second-order valence-electron chi connectivity index (χ2n) is 6.81. The molecule has 2 aromatic heterocycles. The van der Waals surface area contributed by atoms with E-state index in [9.17, 15) is 0 Å². The Balaban J connectivity index is 1.81. The predicted molar refractivity (Wildman–Crippen MR) is 110 cm³/mol. The van der Waals surface area contributed by atoms with Gasteiger partial charge in [-0.25, -0.2) is 0 Å². The Morgan fingerprint density at radius 3 is 2.31 bits per heavy atom. The Kier molecular flexibility index (Phi) is 3.42. The molecule has 0 bridgehead atoms. The van der Waals surface area contributed by atoms with Gasteiger partial charge in [-0.15, -0.1) is 0 Å². The molecule has 0 radical (unpaired) electrons. The molecule has 26 heavy (non-hydrogen) atoms. The fraction of sp³-hybridized carbons (Fsp3) is 0.0833. The maximum absolute atomic E-state index is 3.44. The molecule has 1 N–H and O–H groups in total. The van der Waals surface area contributed by atoms with E-state index in [0.717, 1.165) is 6.54 Å². The first kappa shape index (κ1) is 15.0. The van der Waals surface area contributed by atoms with E-state index in [2.05, 4.69) is 102 Å². The van der Waals surface area contributed by atoms with Crippen LogP contribution in [0.3, 0.4) is 0 Å². The molecule has 0 saturated carbocycles. The molecule has 0 aliphatic carbocycles. The number of hydrogen-bond acceptors (Lipinski definition) is 0. The van der Waals surface area contributed by atoms with Gasteiger partial charge in [0.15, 0.2) is 0 Å². The number of aryl methyl sites for hydroxylation is 1. The lowest BCUT2D eigenvalue weighted by atomic mass is 10.1. The van der Waals surface area contributed by atoms with Crippen molar-refractivity contribution < 1.29 is 0 Å². The molecular formula is C24H20N2. The average Bonchev–Trinajstić information content (AvgIpc) is 3.23.